The van der Waals surface area contributed by atoms with Crippen molar-refractivity contribution in [3.8, 4) is 0 Å². The molecule has 2 aliphatic heterocycles. The third-order valence-corrected chi connectivity index (χ3v) is 6.59. The summed E-state index contributed by atoms with van der Waals surface area (Å²) >= 11 is 0. The van der Waals surface area contributed by atoms with E-state index in [4.69, 9.17) is 0 Å². The van der Waals surface area contributed by atoms with E-state index in [1.54, 1.807) is 0 Å². The van der Waals surface area contributed by atoms with Gasteiger partial charge < -0.3 is 45.7 Å². The van der Waals surface area contributed by atoms with Crippen molar-refractivity contribution in [1.29, 1.82) is 0 Å². The molecule has 0 saturated heterocycles. The van der Waals surface area contributed by atoms with Crippen LogP contribution in [0.2, 0.25) is 0 Å². The number of hydrogen-bond acceptors (Lipinski definition) is 9. The maximum atomic E-state index is 12.2. The number of carboxylic acids is 7. The first-order valence-electron chi connectivity index (χ1n) is 12.0. The molecule has 0 aliphatic carbocycles. The van der Waals surface area contributed by atoms with Gasteiger partial charge in [-0.25, -0.2) is 43.5 Å². The van der Waals surface area contributed by atoms with Crippen molar-refractivity contribution in [1.82, 2.24) is 19.9 Å². The zero-order valence-electron chi connectivity index (χ0n) is 21.8. The summed E-state index contributed by atoms with van der Waals surface area (Å²) in [5, 5.41) is 69.1. The number of carboxylic acid groups (broad SMARTS) is 7. The molecule has 0 fully saturated rings. The summed E-state index contributed by atoms with van der Waals surface area (Å²) in [6, 6.07) is 3.28. The van der Waals surface area contributed by atoms with Crippen LogP contribution in [0.5, 0.6) is 0 Å². The molecule has 0 unspecified atom stereocenters. The maximum absolute atomic E-state index is 12.2. The van der Waals surface area contributed by atoms with Gasteiger partial charge in [0.1, 0.15) is 11.1 Å². The van der Waals surface area contributed by atoms with Crippen LogP contribution in [0.25, 0.3) is 44.9 Å². The number of aliphatic carboxylic acids is 3. The average molecular weight is 618 g/mol. The van der Waals surface area contributed by atoms with Crippen LogP contribution in [-0.2, 0) is 14.4 Å². The third-order valence-electron chi connectivity index (χ3n) is 6.59. The SMILES string of the molecule is O=C(O)C1=Cc2cc3[nH]c(cc4nc(cc5[nH]c(cc1n2)c(C(=O)O)c5C(=O)O)C(C(=O)O)=C4C(=O)O)c(C(=O)O)c3C(=O)O. The summed E-state index contributed by atoms with van der Waals surface area (Å²) in [7, 11) is 0. The number of aromatic nitrogens is 4. The minimum Gasteiger partial charge on any atom is -0.478 e. The van der Waals surface area contributed by atoms with E-state index in [1.165, 1.54) is 0 Å². The number of hydrogen-bond donors (Lipinski definition) is 9. The quantitative estimate of drug-likeness (QED) is 0.182. The van der Waals surface area contributed by atoms with Crippen LogP contribution in [0.3, 0.4) is 0 Å². The van der Waals surface area contributed by atoms with E-state index in [2.05, 4.69) is 19.9 Å². The zero-order chi connectivity index (χ0) is 33.1. The van der Waals surface area contributed by atoms with Gasteiger partial charge in [0.05, 0.1) is 72.7 Å². The van der Waals surface area contributed by atoms with Gasteiger partial charge in [0, 0.05) is 0 Å². The van der Waals surface area contributed by atoms with E-state index in [0.29, 0.717) is 0 Å². The molecule has 0 radical (unpaired) electrons. The molecule has 0 aromatic carbocycles. The molecule has 9 N–H and O–H groups in total. The largest absolute Gasteiger partial charge is 0.478 e. The molecular formula is C27H14N4O14. The van der Waals surface area contributed by atoms with Crippen molar-refractivity contribution < 1.29 is 69.3 Å². The maximum Gasteiger partial charge on any atom is 0.338 e. The van der Waals surface area contributed by atoms with Crippen molar-refractivity contribution in [3.05, 3.63) is 69.3 Å². The fraction of sp³-hybridized carbons (Fsp3) is 0. The molecule has 8 bridgehead atoms. The van der Waals surface area contributed by atoms with Crippen LogP contribution < -0.4 is 0 Å². The van der Waals surface area contributed by atoms with Gasteiger partial charge in [0.15, 0.2) is 0 Å². The lowest BCUT2D eigenvalue weighted by Gasteiger charge is -1.99. The van der Waals surface area contributed by atoms with Gasteiger partial charge in [-0.15, -0.1) is 0 Å². The van der Waals surface area contributed by atoms with E-state index >= 15 is 0 Å². The van der Waals surface area contributed by atoms with E-state index in [1.807, 2.05) is 0 Å². The van der Waals surface area contributed by atoms with Gasteiger partial charge in [-0.1, -0.05) is 0 Å². The molecule has 0 atom stereocenters. The van der Waals surface area contributed by atoms with Crippen LogP contribution in [0.15, 0.2) is 24.3 Å². The number of nitrogens with zero attached hydrogens (tertiary/aromatic N) is 2. The number of carbonyl (C=O) groups is 7. The fourth-order valence-electron chi connectivity index (χ4n) is 4.91. The van der Waals surface area contributed by atoms with E-state index < -0.39 is 120 Å². The highest BCUT2D eigenvalue weighted by Gasteiger charge is 2.32. The highest BCUT2D eigenvalue weighted by Crippen LogP contribution is 2.34. The summed E-state index contributed by atoms with van der Waals surface area (Å²) in [5.41, 5.74) is -10.3. The fourth-order valence-corrected chi connectivity index (χ4v) is 4.91. The molecule has 0 amide bonds. The summed E-state index contributed by atoms with van der Waals surface area (Å²) in [5.74, 6) is -12.5. The lowest BCUT2D eigenvalue weighted by Crippen LogP contribution is -2.07. The standard InChI is InChI=1S/C27H14N4O14/c32-21(33)7-1-6-2-9-15(22(34)35)17(24(38)39)11(29-9)4-13-19(26(42)43)20(27(44)45)14(31-13)5-12-18(25(40)41)16(23(36)37)10(30-12)3-8(7)28-6/h1-5,29-30H,(H,32,33)(H,34,35)(H,36,37)(H,38,39)(H,40,41)(H,42,43)(H,44,45). The predicted octanol–water partition coefficient (Wildman–Crippen LogP) is 1.81. The molecule has 0 spiro atoms. The lowest BCUT2D eigenvalue weighted by molar-refractivity contribution is -0.132. The van der Waals surface area contributed by atoms with Crippen molar-refractivity contribution in [2.45, 2.75) is 0 Å². The minimum absolute atomic E-state index is 0.264. The Labute approximate surface area is 245 Å². The summed E-state index contributed by atoms with van der Waals surface area (Å²) in [4.78, 5) is 98.2. The van der Waals surface area contributed by atoms with Crippen molar-refractivity contribution in [2.24, 2.45) is 0 Å². The Morgan fingerprint density at radius 3 is 1.13 bits per heavy atom. The van der Waals surface area contributed by atoms with Crippen LogP contribution in [-0.4, -0.2) is 97.5 Å². The lowest BCUT2D eigenvalue weighted by atomic mass is 10.0. The van der Waals surface area contributed by atoms with Gasteiger partial charge in [0.25, 0.3) is 0 Å². The number of aromatic amines is 2. The van der Waals surface area contributed by atoms with Gasteiger partial charge in [-0.3, -0.25) is 0 Å². The topological polar surface area (TPSA) is 318 Å². The van der Waals surface area contributed by atoms with E-state index in [0.717, 1.165) is 30.3 Å². The number of rotatable bonds is 7. The van der Waals surface area contributed by atoms with Gasteiger partial charge in [-0.05, 0) is 30.3 Å². The molecule has 0 saturated carbocycles. The predicted molar refractivity (Wildman–Crippen MR) is 146 cm³/mol. The van der Waals surface area contributed by atoms with Crippen LogP contribution in [0.1, 0.15) is 64.2 Å². The second kappa shape index (κ2) is 10.3. The molecule has 45 heavy (non-hydrogen) atoms. The average Bonchev–Trinajstić information content (AvgIpc) is 3.66. The number of aromatic carboxylic acids is 4. The van der Waals surface area contributed by atoms with Crippen molar-refractivity contribution >= 4 is 86.6 Å². The second-order valence-corrected chi connectivity index (χ2v) is 9.23. The zero-order valence-corrected chi connectivity index (χ0v) is 21.8. The number of fused-ring (bicyclic) bond motifs is 8. The molecule has 18 nitrogen and oxygen atoms in total. The smallest absolute Gasteiger partial charge is 0.338 e. The highest BCUT2D eigenvalue weighted by atomic mass is 16.4. The highest BCUT2D eigenvalue weighted by molar-refractivity contribution is 6.37. The Kier molecular flexibility index (Phi) is 6.73. The third kappa shape index (κ3) is 4.78. The molecule has 3 aromatic rings. The molecule has 2 aliphatic rings. The minimum atomic E-state index is -1.87. The van der Waals surface area contributed by atoms with Crippen LogP contribution in [0, 0.1) is 0 Å². The van der Waals surface area contributed by atoms with Gasteiger partial charge in [-0.2, -0.15) is 0 Å². The molecule has 5 rings (SSSR count). The Balaban J connectivity index is 2.14. The molecule has 5 heterocycles. The molecular weight excluding hydrogens is 604 g/mol. The van der Waals surface area contributed by atoms with E-state index in [-0.39, 0.29) is 5.69 Å². The number of nitrogens with one attached hydrogen (secondary N) is 2. The number of H-pyrrole nitrogens is 2. The first-order chi connectivity index (χ1) is 21.1. The Morgan fingerprint density at radius 2 is 0.800 bits per heavy atom. The monoisotopic (exact) mass is 618 g/mol. The first kappa shape index (κ1) is 29.4. The Morgan fingerprint density at radius 1 is 0.444 bits per heavy atom. The van der Waals surface area contributed by atoms with Crippen LogP contribution in [0.4, 0.5) is 0 Å². The molecule has 18 heteroatoms. The van der Waals surface area contributed by atoms with Crippen LogP contribution >= 0.6 is 0 Å². The summed E-state index contributed by atoms with van der Waals surface area (Å²) in [6.45, 7) is 0. The van der Waals surface area contributed by atoms with Gasteiger partial charge >= 0.3 is 41.8 Å². The second-order valence-electron chi connectivity index (χ2n) is 9.23. The Bertz CT molecular complexity index is 2220. The van der Waals surface area contributed by atoms with E-state index in [9.17, 15) is 69.3 Å². The summed E-state index contributed by atoms with van der Waals surface area (Å²) < 4.78 is 0. The molecule has 226 valence electrons. The van der Waals surface area contributed by atoms with Crippen molar-refractivity contribution in [2.75, 3.05) is 0 Å². The van der Waals surface area contributed by atoms with Crippen molar-refractivity contribution in [3.63, 3.8) is 0 Å². The normalized spacial score (nSPS) is 12.4. The van der Waals surface area contributed by atoms with Gasteiger partial charge in [0.2, 0.25) is 0 Å². The first-order valence-corrected chi connectivity index (χ1v) is 12.0. The molecule has 3 aromatic heterocycles. The summed E-state index contributed by atoms with van der Waals surface area (Å²) in [6.07, 6.45) is 0.948. The Hall–Kier alpha value is -7.11.